The molecule has 0 amide bonds. The highest BCUT2D eigenvalue weighted by Crippen LogP contribution is 2.33. The number of hydrogen-bond acceptors (Lipinski definition) is 7. The minimum Gasteiger partial charge on any atom is -0.301 e. The molecule has 0 radical (unpaired) electrons. The Balaban J connectivity index is 1.31. The van der Waals surface area contributed by atoms with E-state index in [9.17, 15) is 0 Å². The van der Waals surface area contributed by atoms with Crippen LogP contribution < -0.4 is 5.12 Å². The summed E-state index contributed by atoms with van der Waals surface area (Å²) in [5.41, 5.74) is 8.41. The predicted octanol–water partition coefficient (Wildman–Crippen LogP) is 3.44. The molecule has 9 nitrogen and oxygen atoms in total. The van der Waals surface area contributed by atoms with Gasteiger partial charge in [-0.1, -0.05) is 18.2 Å². The van der Waals surface area contributed by atoms with Crippen molar-refractivity contribution in [3.63, 3.8) is 0 Å². The SMILES string of the molecule is Cc1c(C2CCN(N3[N-]N=NN3c3ccccc3)CC2)nc2cnccn12. The quantitative estimate of drug-likeness (QED) is 0.713. The minimum absolute atomic E-state index is 0.433. The van der Waals surface area contributed by atoms with Crippen molar-refractivity contribution >= 4 is 11.3 Å². The molecule has 0 aliphatic carbocycles. The second-order valence-electron chi connectivity index (χ2n) is 6.78. The molecular formula is C18H20N9-. The molecule has 138 valence electrons. The Bertz CT molecular complexity index is 959. The number of hydrazine groups is 2. The molecule has 2 aliphatic heterocycles. The molecule has 1 aromatic carbocycles. The molecule has 1 saturated heterocycles. The minimum atomic E-state index is 0.433. The summed E-state index contributed by atoms with van der Waals surface area (Å²) in [6.07, 6.45) is 7.60. The molecule has 1 fully saturated rings. The Kier molecular flexibility index (Phi) is 3.95. The van der Waals surface area contributed by atoms with Gasteiger partial charge in [-0.15, -0.1) is 5.23 Å². The maximum absolute atomic E-state index is 4.82. The van der Waals surface area contributed by atoms with E-state index in [0.717, 1.165) is 37.3 Å². The van der Waals surface area contributed by atoms with E-state index >= 15 is 0 Å². The van der Waals surface area contributed by atoms with Crippen LogP contribution >= 0.6 is 0 Å². The molecule has 0 saturated carbocycles. The van der Waals surface area contributed by atoms with Crippen LogP contribution in [0.25, 0.3) is 11.2 Å². The molecule has 27 heavy (non-hydrogen) atoms. The van der Waals surface area contributed by atoms with Crippen LogP contribution in [0.4, 0.5) is 5.69 Å². The number of para-hydroxylation sites is 1. The van der Waals surface area contributed by atoms with Crippen LogP contribution in [0.5, 0.6) is 0 Å². The first-order chi connectivity index (χ1) is 13.3. The van der Waals surface area contributed by atoms with Gasteiger partial charge in [0.05, 0.1) is 17.6 Å². The van der Waals surface area contributed by atoms with Crippen LogP contribution in [0, 0.1) is 6.92 Å². The normalized spacial score (nSPS) is 19.1. The number of imidazole rings is 1. The monoisotopic (exact) mass is 362 g/mol. The molecule has 2 aromatic heterocycles. The summed E-state index contributed by atoms with van der Waals surface area (Å²) in [7, 11) is 0. The molecular weight excluding hydrogens is 342 g/mol. The highest BCUT2D eigenvalue weighted by molar-refractivity contribution is 5.44. The molecule has 5 rings (SSSR count). The van der Waals surface area contributed by atoms with E-state index in [4.69, 9.17) is 4.98 Å². The van der Waals surface area contributed by atoms with Crippen LogP contribution in [-0.4, -0.2) is 37.7 Å². The van der Waals surface area contributed by atoms with Gasteiger partial charge in [0.15, 0.2) is 5.65 Å². The number of nitrogens with zero attached hydrogens (tertiary/aromatic N) is 9. The van der Waals surface area contributed by atoms with E-state index in [-0.39, 0.29) is 0 Å². The Morgan fingerprint density at radius 2 is 1.93 bits per heavy atom. The van der Waals surface area contributed by atoms with E-state index in [0.29, 0.717) is 5.92 Å². The number of rotatable bonds is 3. The van der Waals surface area contributed by atoms with Crippen molar-refractivity contribution < 1.29 is 0 Å². The largest absolute Gasteiger partial charge is 0.301 e. The number of benzene rings is 1. The van der Waals surface area contributed by atoms with Gasteiger partial charge in [0.1, 0.15) is 0 Å². The molecule has 4 heterocycles. The Morgan fingerprint density at radius 1 is 1.11 bits per heavy atom. The topological polar surface area (TPSA) is 78.7 Å². The summed E-state index contributed by atoms with van der Waals surface area (Å²) in [4.78, 5) is 9.00. The molecule has 0 spiro atoms. The van der Waals surface area contributed by atoms with Crippen LogP contribution in [0.1, 0.15) is 30.1 Å². The average Bonchev–Trinajstić information content (AvgIpc) is 3.34. The average molecular weight is 362 g/mol. The maximum atomic E-state index is 4.82. The second-order valence-corrected chi connectivity index (χ2v) is 6.78. The van der Waals surface area contributed by atoms with Gasteiger partial charge in [-0.2, -0.15) is 0 Å². The summed E-state index contributed by atoms with van der Waals surface area (Å²) in [6.45, 7) is 3.87. The van der Waals surface area contributed by atoms with Crippen molar-refractivity contribution in [3.8, 4) is 0 Å². The first-order valence-electron chi connectivity index (χ1n) is 9.11. The predicted molar refractivity (Wildman–Crippen MR) is 100 cm³/mol. The fourth-order valence-electron chi connectivity index (χ4n) is 3.81. The molecule has 9 heteroatoms. The molecule has 0 atom stereocenters. The van der Waals surface area contributed by atoms with Crippen molar-refractivity contribution in [1.29, 1.82) is 0 Å². The van der Waals surface area contributed by atoms with Gasteiger partial charge in [-0.05, 0) is 31.9 Å². The van der Waals surface area contributed by atoms with E-state index in [2.05, 4.69) is 37.3 Å². The van der Waals surface area contributed by atoms with Crippen LogP contribution in [0.2, 0.25) is 0 Å². The van der Waals surface area contributed by atoms with Gasteiger partial charge in [0, 0.05) is 37.1 Å². The molecule has 0 bridgehead atoms. The zero-order chi connectivity index (χ0) is 18.2. The zero-order valence-electron chi connectivity index (χ0n) is 15.0. The van der Waals surface area contributed by atoms with Gasteiger partial charge in [-0.3, -0.25) is 20.9 Å². The standard InChI is InChI=1S/C18H20N9/c1-14-18(20-17-13-19-9-12-25(14)17)15-7-10-24(11-8-15)27-23-21-22-26(27)16-5-3-2-4-6-16/h2-6,9,12-13,15H,7-8,10-11H2,1H3/q-1. The maximum Gasteiger partial charge on any atom is 0.155 e. The van der Waals surface area contributed by atoms with Gasteiger partial charge in [-0.25, -0.2) is 15.2 Å². The third-order valence-electron chi connectivity index (χ3n) is 5.22. The Hall–Kier alpha value is -3.04. The lowest BCUT2D eigenvalue weighted by Gasteiger charge is -2.43. The van der Waals surface area contributed by atoms with Crippen LogP contribution in [-0.2, 0) is 0 Å². The van der Waals surface area contributed by atoms with Gasteiger partial charge in [0.25, 0.3) is 0 Å². The number of anilines is 1. The van der Waals surface area contributed by atoms with Crippen molar-refractivity contribution in [2.45, 2.75) is 25.7 Å². The van der Waals surface area contributed by atoms with E-state index < -0.39 is 0 Å². The first kappa shape index (κ1) is 16.2. The molecule has 2 aliphatic rings. The Morgan fingerprint density at radius 3 is 2.70 bits per heavy atom. The highest BCUT2D eigenvalue weighted by atomic mass is 16.2. The number of hydrogen-bond donors (Lipinski definition) is 0. The second kappa shape index (κ2) is 6.60. The fourth-order valence-corrected chi connectivity index (χ4v) is 3.81. The van der Waals surface area contributed by atoms with E-state index in [1.54, 1.807) is 16.5 Å². The van der Waals surface area contributed by atoms with Crippen molar-refractivity contribution in [2.75, 3.05) is 18.2 Å². The van der Waals surface area contributed by atoms with Gasteiger partial charge < -0.3 is 4.40 Å². The number of aryl methyl sites for hydroxylation is 1. The van der Waals surface area contributed by atoms with Crippen molar-refractivity contribution in [1.82, 2.24) is 24.6 Å². The first-order valence-corrected chi connectivity index (χ1v) is 9.11. The lowest BCUT2D eigenvalue weighted by Crippen LogP contribution is -2.49. The number of piperidine rings is 1. The third kappa shape index (κ3) is 2.81. The molecule has 3 aromatic rings. The lowest BCUT2D eigenvalue weighted by atomic mass is 9.93. The fraction of sp³-hybridized carbons (Fsp3) is 0.333. The molecule has 0 unspecified atom stereocenters. The van der Waals surface area contributed by atoms with Crippen LogP contribution in [0.15, 0.2) is 59.4 Å². The summed E-state index contributed by atoms with van der Waals surface area (Å²) >= 11 is 0. The summed E-state index contributed by atoms with van der Waals surface area (Å²) in [6, 6.07) is 9.93. The van der Waals surface area contributed by atoms with Gasteiger partial charge in [0.2, 0.25) is 0 Å². The third-order valence-corrected chi connectivity index (χ3v) is 5.22. The summed E-state index contributed by atoms with van der Waals surface area (Å²) < 4.78 is 2.11. The highest BCUT2D eigenvalue weighted by Gasteiger charge is 2.29. The summed E-state index contributed by atoms with van der Waals surface area (Å²) in [5, 5.41) is 13.6. The zero-order valence-corrected chi connectivity index (χ0v) is 15.0. The van der Waals surface area contributed by atoms with Crippen molar-refractivity contribution in [3.05, 3.63) is 65.8 Å². The number of aromatic nitrogens is 3. The van der Waals surface area contributed by atoms with E-state index in [1.165, 1.54) is 11.4 Å². The Labute approximate surface area is 156 Å². The summed E-state index contributed by atoms with van der Waals surface area (Å²) in [5.74, 6) is 0.433. The van der Waals surface area contributed by atoms with E-state index in [1.807, 2.05) is 42.7 Å². The van der Waals surface area contributed by atoms with Crippen LogP contribution in [0.3, 0.4) is 0 Å². The number of fused-ring (bicyclic) bond motifs is 1. The lowest BCUT2D eigenvalue weighted by molar-refractivity contribution is -0.0140. The smallest absolute Gasteiger partial charge is 0.155 e. The molecule has 0 N–H and O–H groups in total. The van der Waals surface area contributed by atoms with Gasteiger partial charge >= 0.3 is 0 Å². The van der Waals surface area contributed by atoms with Crippen molar-refractivity contribution in [2.24, 2.45) is 10.4 Å².